The van der Waals surface area contributed by atoms with Crippen LogP contribution in [0.3, 0.4) is 0 Å². The van der Waals surface area contributed by atoms with Gasteiger partial charge in [-0.1, -0.05) is 142 Å². The Hall–Kier alpha value is -6.58. The Morgan fingerprint density at radius 2 is 1.08 bits per heavy atom. The summed E-state index contributed by atoms with van der Waals surface area (Å²) in [6, 6.07) is 60.6. The molecule has 53 heavy (non-hydrogen) atoms. The summed E-state index contributed by atoms with van der Waals surface area (Å²) in [5.41, 5.74) is 12.4. The van der Waals surface area contributed by atoms with Gasteiger partial charge in [0.1, 0.15) is 22.3 Å². The summed E-state index contributed by atoms with van der Waals surface area (Å²) in [5.74, 6) is 0. The molecule has 0 aliphatic heterocycles. The van der Waals surface area contributed by atoms with E-state index in [1.165, 1.54) is 21.9 Å². The van der Waals surface area contributed by atoms with Crippen LogP contribution in [0.2, 0.25) is 0 Å². The molecule has 0 aliphatic carbocycles. The fourth-order valence-electron chi connectivity index (χ4n) is 7.97. The molecular formula is C50H37NO2. The predicted octanol–water partition coefficient (Wildman–Crippen LogP) is 14.7. The van der Waals surface area contributed by atoms with Crippen LogP contribution in [0.4, 0.5) is 17.1 Å². The van der Waals surface area contributed by atoms with E-state index in [0.29, 0.717) is 0 Å². The highest BCUT2D eigenvalue weighted by atomic mass is 16.3. The molecule has 254 valence electrons. The molecule has 0 saturated carbocycles. The van der Waals surface area contributed by atoms with E-state index in [-0.39, 0.29) is 5.41 Å². The quantitative estimate of drug-likeness (QED) is 0.181. The zero-order chi connectivity index (χ0) is 35.7. The molecule has 0 unspecified atom stereocenters. The van der Waals surface area contributed by atoms with Crippen molar-refractivity contribution in [3.8, 4) is 22.3 Å². The summed E-state index contributed by atoms with van der Waals surface area (Å²) in [7, 11) is 0. The van der Waals surface area contributed by atoms with Crippen LogP contribution in [0.25, 0.3) is 76.9 Å². The lowest BCUT2D eigenvalue weighted by Gasteiger charge is -2.28. The third kappa shape index (κ3) is 5.19. The third-order valence-electron chi connectivity index (χ3n) is 10.6. The highest BCUT2D eigenvalue weighted by Gasteiger charge is 2.26. The summed E-state index contributed by atoms with van der Waals surface area (Å²) >= 11 is 0. The highest BCUT2D eigenvalue weighted by molar-refractivity contribution is 6.15. The Morgan fingerprint density at radius 3 is 1.89 bits per heavy atom. The first-order chi connectivity index (χ1) is 25.9. The van der Waals surface area contributed by atoms with Crippen molar-refractivity contribution in [1.29, 1.82) is 0 Å². The molecule has 0 radical (unpaired) electrons. The first-order valence-electron chi connectivity index (χ1n) is 18.3. The second kappa shape index (κ2) is 12.0. The number of para-hydroxylation sites is 3. The van der Waals surface area contributed by atoms with E-state index in [0.717, 1.165) is 77.6 Å². The van der Waals surface area contributed by atoms with Gasteiger partial charge in [-0.2, -0.15) is 0 Å². The molecule has 0 bridgehead atoms. The molecule has 0 fully saturated rings. The van der Waals surface area contributed by atoms with Gasteiger partial charge in [0.2, 0.25) is 0 Å². The van der Waals surface area contributed by atoms with Crippen molar-refractivity contribution in [3.63, 3.8) is 0 Å². The van der Waals surface area contributed by atoms with E-state index in [2.05, 4.69) is 177 Å². The molecule has 10 rings (SSSR count). The largest absolute Gasteiger partial charge is 0.456 e. The fourth-order valence-corrected chi connectivity index (χ4v) is 7.97. The van der Waals surface area contributed by atoms with Gasteiger partial charge in [-0.15, -0.1) is 0 Å². The van der Waals surface area contributed by atoms with Gasteiger partial charge in [0.15, 0.2) is 0 Å². The Bertz CT molecular complexity index is 2990. The van der Waals surface area contributed by atoms with Crippen molar-refractivity contribution in [2.75, 3.05) is 4.90 Å². The predicted molar refractivity (Wildman–Crippen MR) is 223 cm³/mol. The van der Waals surface area contributed by atoms with Crippen molar-refractivity contribution in [2.45, 2.75) is 26.2 Å². The molecule has 3 nitrogen and oxygen atoms in total. The van der Waals surface area contributed by atoms with Gasteiger partial charge < -0.3 is 13.7 Å². The molecular weight excluding hydrogens is 647 g/mol. The Balaban J connectivity index is 1.18. The molecule has 10 aromatic rings. The molecule has 8 aromatic carbocycles. The Kier molecular flexibility index (Phi) is 7.06. The number of anilines is 3. The van der Waals surface area contributed by atoms with E-state index < -0.39 is 0 Å². The van der Waals surface area contributed by atoms with E-state index in [1.54, 1.807) is 0 Å². The van der Waals surface area contributed by atoms with Gasteiger partial charge in [0.05, 0.1) is 11.1 Å². The summed E-state index contributed by atoms with van der Waals surface area (Å²) < 4.78 is 13.1. The minimum absolute atomic E-state index is 0.106. The van der Waals surface area contributed by atoms with Crippen LogP contribution in [0, 0.1) is 0 Å². The van der Waals surface area contributed by atoms with Crippen molar-refractivity contribution < 1.29 is 8.83 Å². The minimum atomic E-state index is -0.106. The van der Waals surface area contributed by atoms with Crippen LogP contribution >= 0.6 is 0 Å². The van der Waals surface area contributed by atoms with Crippen LogP contribution in [-0.2, 0) is 5.41 Å². The second-order valence-corrected chi connectivity index (χ2v) is 15.0. The Morgan fingerprint density at radius 1 is 0.434 bits per heavy atom. The zero-order valence-corrected chi connectivity index (χ0v) is 29.9. The standard InChI is InChI=1S/C50H37NO2/c1-50(2,3)43-28-29-44(47-42-17-7-9-21-46(42)53-49(43)47)51(38-15-10-14-35(31-38)36-23-22-32-12-4-5-13-34(32)30-36)37-26-24-33(25-27-37)39-18-11-19-41-40-16-6-8-20-45(40)52-48(39)41/h4-31H,1-3H3. The summed E-state index contributed by atoms with van der Waals surface area (Å²) in [4.78, 5) is 2.38. The van der Waals surface area contributed by atoms with E-state index in [4.69, 9.17) is 8.83 Å². The number of fused-ring (bicyclic) bond motifs is 7. The molecule has 0 aliphatic rings. The maximum Gasteiger partial charge on any atom is 0.143 e. The molecule has 2 heterocycles. The fraction of sp³-hybridized carbons (Fsp3) is 0.0800. The van der Waals surface area contributed by atoms with E-state index in [9.17, 15) is 0 Å². The molecule has 3 heteroatoms. The maximum absolute atomic E-state index is 6.71. The van der Waals surface area contributed by atoms with Crippen LogP contribution in [0.5, 0.6) is 0 Å². The average Bonchev–Trinajstić information content (AvgIpc) is 3.77. The number of benzene rings is 8. The number of nitrogens with zero attached hydrogens (tertiary/aromatic N) is 1. The van der Waals surface area contributed by atoms with Crippen molar-refractivity contribution in [2.24, 2.45) is 0 Å². The minimum Gasteiger partial charge on any atom is -0.456 e. The van der Waals surface area contributed by atoms with Gasteiger partial charge in [-0.05, 0) is 81.4 Å². The molecule has 0 atom stereocenters. The smallest absolute Gasteiger partial charge is 0.143 e. The van der Waals surface area contributed by atoms with Crippen molar-refractivity contribution in [1.82, 2.24) is 0 Å². The van der Waals surface area contributed by atoms with Crippen molar-refractivity contribution >= 4 is 71.7 Å². The summed E-state index contributed by atoms with van der Waals surface area (Å²) in [5, 5.41) is 6.94. The first-order valence-corrected chi connectivity index (χ1v) is 18.3. The van der Waals surface area contributed by atoms with Crippen LogP contribution < -0.4 is 4.90 Å². The molecule has 0 saturated heterocycles. The van der Waals surface area contributed by atoms with Gasteiger partial charge >= 0.3 is 0 Å². The Labute approximate surface area is 308 Å². The van der Waals surface area contributed by atoms with Gasteiger partial charge in [0, 0.05) is 38.7 Å². The molecule has 0 amide bonds. The number of furan rings is 2. The van der Waals surface area contributed by atoms with E-state index >= 15 is 0 Å². The SMILES string of the molecule is CC(C)(C)c1ccc(N(c2ccc(-c3cccc4c3oc3ccccc34)cc2)c2cccc(-c3ccc4ccccc4c3)c2)c2c1oc1ccccc12. The highest BCUT2D eigenvalue weighted by Crippen LogP contribution is 2.47. The lowest BCUT2D eigenvalue weighted by atomic mass is 9.85. The first kappa shape index (κ1) is 31.2. The number of hydrogen-bond donors (Lipinski definition) is 0. The van der Waals surface area contributed by atoms with Gasteiger partial charge in [0.25, 0.3) is 0 Å². The van der Waals surface area contributed by atoms with E-state index in [1.807, 2.05) is 18.2 Å². The topological polar surface area (TPSA) is 29.5 Å². The van der Waals surface area contributed by atoms with Crippen molar-refractivity contribution in [3.05, 3.63) is 175 Å². The normalized spacial score (nSPS) is 12.1. The van der Waals surface area contributed by atoms with Gasteiger partial charge in [-0.3, -0.25) is 0 Å². The van der Waals surface area contributed by atoms with Crippen LogP contribution in [0.1, 0.15) is 26.3 Å². The maximum atomic E-state index is 6.71. The zero-order valence-electron chi connectivity index (χ0n) is 29.9. The lowest BCUT2D eigenvalue weighted by Crippen LogP contribution is -2.14. The van der Waals surface area contributed by atoms with Crippen LogP contribution in [-0.4, -0.2) is 0 Å². The second-order valence-electron chi connectivity index (χ2n) is 15.0. The monoisotopic (exact) mass is 683 g/mol. The molecule has 0 N–H and O–H groups in total. The average molecular weight is 684 g/mol. The summed E-state index contributed by atoms with van der Waals surface area (Å²) in [6.45, 7) is 6.75. The number of rotatable bonds is 5. The molecule has 2 aromatic heterocycles. The summed E-state index contributed by atoms with van der Waals surface area (Å²) in [6.07, 6.45) is 0. The lowest BCUT2D eigenvalue weighted by molar-refractivity contribution is 0.573. The number of hydrogen-bond acceptors (Lipinski definition) is 3. The van der Waals surface area contributed by atoms with Crippen LogP contribution in [0.15, 0.2) is 179 Å². The third-order valence-corrected chi connectivity index (χ3v) is 10.6. The molecule has 0 spiro atoms. The van der Waals surface area contributed by atoms with Gasteiger partial charge in [-0.25, -0.2) is 0 Å².